The van der Waals surface area contributed by atoms with Crippen molar-refractivity contribution < 1.29 is 9.21 Å². The minimum absolute atomic E-state index is 0. The van der Waals surface area contributed by atoms with Crippen molar-refractivity contribution in [2.24, 2.45) is 11.7 Å². The van der Waals surface area contributed by atoms with Gasteiger partial charge in [-0.25, -0.2) is 4.98 Å². The van der Waals surface area contributed by atoms with Gasteiger partial charge in [0.2, 0.25) is 5.91 Å². The van der Waals surface area contributed by atoms with E-state index < -0.39 is 0 Å². The summed E-state index contributed by atoms with van der Waals surface area (Å²) in [6.07, 6.45) is 5.17. The molecule has 1 aliphatic carbocycles. The first kappa shape index (κ1) is 15.0. The van der Waals surface area contributed by atoms with Crippen LogP contribution >= 0.6 is 12.4 Å². The number of oxazole rings is 1. The molecule has 1 aromatic heterocycles. The Balaban J connectivity index is 0.00000162. The van der Waals surface area contributed by atoms with Crippen LogP contribution < -0.4 is 11.1 Å². The predicted molar refractivity (Wildman–Crippen MR) is 70.3 cm³/mol. The van der Waals surface area contributed by atoms with Crippen LogP contribution in [0.2, 0.25) is 0 Å². The number of aromatic nitrogens is 1. The fourth-order valence-corrected chi connectivity index (χ4v) is 2.31. The second kappa shape index (κ2) is 6.75. The molecule has 0 aromatic carbocycles. The van der Waals surface area contributed by atoms with E-state index in [1.165, 1.54) is 6.39 Å². The third-order valence-corrected chi connectivity index (χ3v) is 3.46. The lowest BCUT2D eigenvalue weighted by Crippen LogP contribution is -2.31. The van der Waals surface area contributed by atoms with Crippen molar-refractivity contribution in [2.75, 3.05) is 0 Å². The molecule has 1 heterocycles. The molecule has 102 valence electrons. The summed E-state index contributed by atoms with van der Waals surface area (Å²) in [7, 11) is 0. The number of amides is 1. The average Bonchev–Trinajstić information content (AvgIpc) is 2.86. The normalized spacial score (nSPS) is 22.6. The zero-order chi connectivity index (χ0) is 12.3. The first-order valence-electron chi connectivity index (χ1n) is 6.08. The maximum atomic E-state index is 11.7. The lowest BCUT2D eigenvalue weighted by atomic mass is 10.00. The molecule has 6 heteroatoms. The number of hydrogen-bond donors (Lipinski definition) is 2. The van der Waals surface area contributed by atoms with Crippen LogP contribution in [-0.2, 0) is 11.3 Å². The number of nitrogens with zero attached hydrogens (tertiary/aromatic N) is 1. The molecule has 18 heavy (non-hydrogen) atoms. The molecule has 1 aliphatic rings. The Morgan fingerprint density at radius 1 is 1.61 bits per heavy atom. The quantitative estimate of drug-likeness (QED) is 0.872. The van der Waals surface area contributed by atoms with Crippen molar-refractivity contribution >= 4 is 18.3 Å². The molecule has 2 atom stereocenters. The highest BCUT2D eigenvalue weighted by Gasteiger charge is 2.25. The minimum atomic E-state index is 0. The van der Waals surface area contributed by atoms with Gasteiger partial charge in [0, 0.05) is 12.5 Å². The third-order valence-electron chi connectivity index (χ3n) is 3.46. The van der Waals surface area contributed by atoms with Crippen LogP contribution in [0.4, 0.5) is 0 Å². The number of carbonyl (C=O) groups excluding carboxylic acids is 1. The fraction of sp³-hybridized carbons (Fsp3) is 0.667. The Hall–Kier alpha value is -1.07. The van der Waals surface area contributed by atoms with Gasteiger partial charge in [0.05, 0.1) is 6.54 Å². The summed E-state index contributed by atoms with van der Waals surface area (Å²) >= 11 is 0. The lowest BCUT2D eigenvalue weighted by molar-refractivity contribution is -0.122. The lowest BCUT2D eigenvalue weighted by Gasteiger charge is -2.14. The molecule has 0 aliphatic heterocycles. The standard InChI is InChI=1S/C12H19N3O2.ClH/c1-8-11(15-7-17-8)6-14-12(16)5-9-3-2-4-10(9)13;/h7,9-10H,2-6,13H2,1H3,(H,14,16);1H/t9-,10+;/m0./s1. The number of halogens is 1. The van der Waals surface area contributed by atoms with Gasteiger partial charge < -0.3 is 15.5 Å². The summed E-state index contributed by atoms with van der Waals surface area (Å²) in [6.45, 7) is 2.27. The maximum absolute atomic E-state index is 11.7. The Labute approximate surface area is 113 Å². The second-order valence-electron chi connectivity index (χ2n) is 4.69. The van der Waals surface area contributed by atoms with Gasteiger partial charge in [0.1, 0.15) is 11.5 Å². The highest BCUT2D eigenvalue weighted by atomic mass is 35.5. The fourth-order valence-electron chi connectivity index (χ4n) is 2.31. The molecule has 2 rings (SSSR count). The maximum Gasteiger partial charge on any atom is 0.220 e. The summed E-state index contributed by atoms with van der Waals surface area (Å²) in [5.41, 5.74) is 6.72. The molecule has 0 radical (unpaired) electrons. The van der Waals surface area contributed by atoms with E-state index in [-0.39, 0.29) is 24.4 Å². The topological polar surface area (TPSA) is 81.2 Å². The molecule has 3 N–H and O–H groups in total. The second-order valence-corrected chi connectivity index (χ2v) is 4.69. The van der Waals surface area contributed by atoms with Crippen molar-refractivity contribution in [3.63, 3.8) is 0 Å². The highest BCUT2D eigenvalue weighted by molar-refractivity contribution is 5.85. The summed E-state index contributed by atoms with van der Waals surface area (Å²) in [4.78, 5) is 15.8. The molecule has 5 nitrogen and oxygen atoms in total. The first-order valence-corrected chi connectivity index (χ1v) is 6.08. The summed E-state index contributed by atoms with van der Waals surface area (Å²) < 4.78 is 5.06. The summed E-state index contributed by atoms with van der Waals surface area (Å²) in [5, 5.41) is 2.86. The zero-order valence-corrected chi connectivity index (χ0v) is 11.3. The van der Waals surface area contributed by atoms with Crippen molar-refractivity contribution in [1.82, 2.24) is 10.3 Å². The molecule has 1 fully saturated rings. The predicted octanol–water partition coefficient (Wildman–Crippen LogP) is 1.54. The van der Waals surface area contributed by atoms with Gasteiger partial charge in [-0.2, -0.15) is 0 Å². The van der Waals surface area contributed by atoms with E-state index in [0.29, 0.717) is 18.9 Å². The minimum Gasteiger partial charge on any atom is -0.448 e. The van der Waals surface area contributed by atoms with Gasteiger partial charge in [-0.1, -0.05) is 6.42 Å². The van der Waals surface area contributed by atoms with Crippen LogP contribution in [0.3, 0.4) is 0 Å². The van der Waals surface area contributed by atoms with E-state index in [2.05, 4.69) is 10.3 Å². The number of hydrogen-bond acceptors (Lipinski definition) is 4. The van der Waals surface area contributed by atoms with Crippen molar-refractivity contribution in [2.45, 2.75) is 45.2 Å². The monoisotopic (exact) mass is 273 g/mol. The summed E-state index contributed by atoms with van der Waals surface area (Å²) in [5.74, 6) is 1.14. The number of aryl methyl sites for hydroxylation is 1. The summed E-state index contributed by atoms with van der Waals surface area (Å²) in [6, 6.07) is 0.189. The Kier molecular flexibility index (Phi) is 5.62. The van der Waals surface area contributed by atoms with Crippen LogP contribution in [-0.4, -0.2) is 16.9 Å². The van der Waals surface area contributed by atoms with Gasteiger partial charge >= 0.3 is 0 Å². The molecule has 0 spiro atoms. The van der Waals surface area contributed by atoms with Crippen molar-refractivity contribution in [3.05, 3.63) is 17.8 Å². The third kappa shape index (κ3) is 3.71. The number of nitrogens with one attached hydrogen (secondary N) is 1. The molecular weight excluding hydrogens is 254 g/mol. The smallest absolute Gasteiger partial charge is 0.220 e. The van der Waals surface area contributed by atoms with Gasteiger partial charge in [-0.15, -0.1) is 12.4 Å². The number of nitrogens with two attached hydrogens (primary N) is 1. The van der Waals surface area contributed by atoms with Crippen molar-refractivity contribution in [3.8, 4) is 0 Å². The molecule has 1 aromatic rings. The van der Waals surface area contributed by atoms with Gasteiger partial charge in [-0.05, 0) is 25.7 Å². The molecule has 0 unspecified atom stereocenters. The van der Waals surface area contributed by atoms with Gasteiger partial charge in [0.15, 0.2) is 6.39 Å². The average molecular weight is 274 g/mol. The van der Waals surface area contributed by atoms with Gasteiger partial charge in [-0.3, -0.25) is 4.79 Å². The van der Waals surface area contributed by atoms with E-state index in [1.54, 1.807) is 0 Å². The van der Waals surface area contributed by atoms with Crippen LogP contribution in [0.15, 0.2) is 10.8 Å². The van der Waals surface area contributed by atoms with E-state index in [9.17, 15) is 4.79 Å². The zero-order valence-electron chi connectivity index (χ0n) is 10.5. The van der Waals surface area contributed by atoms with Crippen LogP contribution in [0.1, 0.15) is 37.1 Å². The number of rotatable bonds is 4. The highest BCUT2D eigenvalue weighted by Crippen LogP contribution is 2.26. The van der Waals surface area contributed by atoms with E-state index in [4.69, 9.17) is 10.2 Å². The van der Waals surface area contributed by atoms with E-state index in [1.807, 2.05) is 6.92 Å². The molecule has 1 amide bonds. The van der Waals surface area contributed by atoms with Crippen LogP contribution in [0, 0.1) is 12.8 Å². The molecule has 1 saturated carbocycles. The molecule has 0 bridgehead atoms. The van der Waals surface area contributed by atoms with Crippen LogP contribution in [0.5, 0.6) is 0 Å². The van der Waals surface area contributed by atoms with Crippen LogP contribution in [0.25, 0.3) is 0 Å². The van der Waals surface area contributed by atoms with E-state index in [0.717, 1.165) is 30.7 Å². The molecule has 0 saturated heterocycles. The Morgan fingerprint density at radius 2 is 2.39 bits per heavy atom. The molecular formula is C12H20ClN3O2. The Bertz CT molecular complexity index is 394. The van der Waals surface area contributed by atoms with Crippen molar-refractivity contribution in [1.29, 1.82) is 0 Å². The Morgan fingerprint density at radius 3 is 2.94 bits per heavy atom. The largest absolute Gasteiger partial charge is 0.448 e. The SMILES string of the molecule is Cc1ocnc1CNC(=O)C[C@@H]1CCC[C@H]1N.Cl. The number of carbonyl (C=O) groups is 1. The first-order chi connectivity index (χ1) is 8.16. The van der Waals surface area contributed by atoms with Gasteiger partial charge in [0.25, 0.3) is 0 Å². The van der Waals surface area contributed by atoms with E-state index >= 15 is 0 Å².